The van der Waals surface area contributed by atoms with Crippen LogP contribution in [-0.2, 0) is 14.3 Å². The zero-order chi connectivity index (χ0) is 14.0. The molecule has 0 aromatic carbocycles. The van der Waals surface area contributed by atoms with Crippen molar-refractivity contribution in [1.29, 1.82) is 0 Å². The van der Waals surface area contributed by atoms with Gasteiger partial charge in [-0.25, -0.2) is 0 Å². The van der Waals surface area contributed by atoms with E-state index in [9.17, 15) is 15.0 Å². The van der Waals surface area contributed by atoms with Crippen LogP contribution < -0.4 is 0 Å². The zero-order valence-corrected chi connectivity index (χ0v) is 11.8. The molecular weight excluding hydrogens is 272 g/mol. The van der Waals surface area contributed by atoms with E-state index in [0.717, 1.165) is 6.42 Å². The van der Waals surface area contributed by atoms with E-state index < -0.39 is 6.10 Å². The number of methoxy groups -OCH3 is 1. The predicted octanol–water partition coefficient (Wildman–Crippen LogP) is 0.899. The van der Waals surface area contributed by atoms with Crippen molar-refractivity contribution in [1.82, 2.24) is 0 Å². The number of esters is 1. The number of aliphatic hydroxyl groups excluding tert-OH is 2. The molecule has 0 spiro atoms. The fraction of sp³-hybridized carbons (Fsp3) is 0.923. The largest absolute Gasteiger partial charge is 0.449 e. The topological polar surface area (TPSA) is 76.0 Å². The summed E-state index contributed by atoms with van der Waals surface area (Å²) in [5.41, 5.74) is 0. The van der Waals surface area contributed by atoms with E-state index in [-0.39, 0.29) is 42.0 Å². The highest BCUT2D eigenvalue weighted by Crippen LogP contribution is 2.45. The lowest BCUT2D eigenvalue weighted by Crippen LogP contribution is -2.52. The summed E-state index contributed by atoms with van der Waals surface area (Å²) in [5, 5.41) is 19.9. The number of ether oxygens (including phenoxy) is 2. The first-order valence-electron chi connectivity index (χ1n) is 6.70. The van der Waals surface area contributed by atoms with Crippen molar-refractivity contribution in [3.05, 3.63) is 0 Å². The summed E-state index contributed by atoms with van der Waals surface area (Å²) in [4.78, 5) is 12.0. The molecule has 2 aliphatic carbocycles. The molecule has 2 fully saturated rings. The van der Waals surface area contributed by atoms with Crippen LogP contribution in [-0.4, -0.2) is 47.7 Å². The summed E-state index contributed by atoms with van der Waals surface area (Å²) < 4.78 is 10.3. The van der Waals surface area contributed by atoms with Gasteiger partial charge in [0.25, 0.3) is 0 Å². The van der Waals surface area contributed by atoms with E-state index in [1.165, 1.54) is 0 Å². The maximum absolute atomic E-state index is 12.0. The number of fused-ring (bicyclic) bond motifs is 1. The van der Waals surface area contributed by atoms with Gasteiger partial charge in [0.15, 0.2) is 6.07 Å². The van der Waals surface area contributed by atoms with Crippen molar-refractivity contribution in [2.75, 3.05) is 13.2 Å². The highest BCUT2D eigenvalue weighted by Gasteiger charge is 2.49. The zero-order valence-electron chi connectivity index (χ0n) is 11.0. The molecule has 5 nitrogen and oxygen atoms in total. The van der Waals surface area contributed by atoms with Crippen LogP contribution in [0.1, 0.15) is 25.7 Å². The van der Waals surface area contributed by atoms with Crippen LogP contribution in [0.25, 0.3) is 0 Å². The Kier molecular flexibility index (Phi) is 5.06. The monoisotopic (exact) mass is 292 g/mol. The first-order valence-corrected chi connectivity index (χ1v) is 7.23. The maximum atomic E-state index is 12.0. The fourth-order valence-corrected chi connectivity index (χ4v) is 3.81. The second-order valence-electron chi connectivity index (χ2n) is 5.48. The molecule has 0 aliphatic heterocycles. The molecular formula is C13H21ClO5. The van der Waals surface area contributed by atoms with E-state index in [2.05, 4.69) is 0 Å². The molecule has 0 bridgehead atoms. The molecule has 0 unspecified atom stereocenters. The summed E-state index contributed by atoms with van der Waals surface area (Å²) in [6.45, 7) is 0. The van der Waals surface area contributed by atoms with Gasteiger partial charge in [-0.15, -0.1) is 0 Å². The second-order valence-corrected chi connectivity index (χ2v) is 5.70. The van der Waals surface area contributed by atoms with Gasteiger partial charge in [0.2, 0.25) is 0 Å². The molecule has 0 aromatic heterocycles. The van der Waals surface area contributed by atoms with Gasteiger partial charge in [-0.2, -0.15) is 0 Å². The van der Waals surface area contributed by atoms with Crippen molar-refractivity contribution in [2.45, 2.75) is 44.0 Å². The maximum Gasteiger partial charge on any atom is 0.310 e. The Morgan fingerprint density at radius 3 is 2.63 bits per heavy atom. The van der Waals surface area contributed by atoms with Gasteiger partial charge in [0.05, 0.1) is 24.2 Å². The molecule has 0 aromatic rings. The lowest BCUT2D eigenvalue weighted by Gasteiger charge is -2.47. The highest BCUT2D eigenvalue weighted by molar-refractivity contribution is 6.17. The van der Waals surface area contributed by atoms with Crippen molar-refractivity contribution >= 4 is 17.6 Å². The predicted molar refractivity (Wildman–Crippen MR) is 68.6 cm³/mol. The number of halogens is 1. The quantitative estimate of drug-likeness (QED) is 0.597. The molecule has 6 heteroatoms. The van der Waals surface area contributed by atoms with Crippen LogP contribution in [0, 0.1) is 17.8 Å². The van der Waals surface area contributed by atoms with E-state index in [4.69, 9.17) is 21.1 Å². The van der Waals surface area contributed by atoms with Crippen molar-refractivity contribution in [2.24, 2.45) is 17.8 Å². The normalized spacial score (nSPS) is 42.5. The van der Waals surface area contributed by atoms with Crippen molar-refractivity contribution in [3.63, 3.8) is 0 Å². The van der Waals surface area contributed by atoms with Gasteiger partial charge in [0.1, 0.15) is 0 Å². The lowest BCUT2D eigenvalue weighted by atomic mass is 9.62. The number of rotatable bonds is 3. The van der Waals surface area contributed by atoms with Crippen molar-refractivity contribution in [3.8, 4) is 0 Å². The average Bonchev–Trinajstić information content (AvgIpc) is 2.38. The van der Waals surface area contributed by atoms with E-state index in [1.807, 2.05) is 0 Å². The van der Waals surface area contributed by atoms with Crippen LogP contribution in [0.4, 0.5) is 0 Å². The summed E-state index contributed by atoms with van der Waals surface area (Å²) >= 11 is 5.44. The van der Waals surface area contributed by atoms with Crippen LogP contribution in [0.2, 0.25) is 0 Å². The first kappa shape index (κ1) is 15.0. The fourth-order valence-electron chi connectivity index (χ4n) is 3.70. The Hall–Kier alpha value is -0.360. The van der Waals surface area contributed by atoms with Gasteiger partial charge < -0.3 is 19.7 Å². The second kappa shape index (κ2) is 6.39. The molecule has 0 amide bonds. The Morgan fingerprint density at radius 2 is 2.00 bits per heavy atom. The number of hydrogen-bond acceptors (Lipinski definition) is 5. The summed E-state index contributed by atoms with van der Waals surface area (Å²) in [7, 11) is 1.56. The van der Waals surface area contributed by atoms with Gasteiger partial charge in [-0.3, -0.25) is 4.79 Å². The minimum absolute atomic E-state index is 0.00891. The average molecular weight is 293 g/mol. The van der Waals surface area contributed by atoms with Crippen LogP contribution in [0.15, 0.2) is 0 Å². The molecule has 110 valence electrons. The summed E-state index contributed by atoms with van der Waals surface area (Å²) in [6.07, 6.45) is 0.924. The number of alkyl halides is 1. The van der Waals surface area contributed by atoms with Crippen LogP contribution in [0.3, 0.4) is 0 Å². The Balaban J connectivity index is 2.17. The van der Waals surface area contributed by atoms with Gasteiger partial charge in [0, 0.05) is 7.11 Å². The minimum Gasteiger partial charge on any atom is -0.449 e. The van der Waals surface area contributed by atoms with E-state index in [1.54, 1.807) is 7.11 Å². The molecule has 0 radical (unpaired) electrons. The summed E-state index contributed by atoms with van der Waals surface area (Å²) in [5.74, 6) is -0.620. The van der Waals surface area contributed by atoms with Gasteiger partial charge in [-0.1, -0.05) is 11.6 Å². The molecule has 0 heterocycles. The SMILES string of the molecule is CO[C@@H]1[C@H]2C[C@H](O)CC[C@@H]2[C@H](C(=O)OCCl)C[C@@H]1O. The van der Waals surface area contributed by atoms with Crippen LogP contribution in [0.5, 0.6) is 0 Å². The third-order valence-corrected chi connectivity index (χ3v) is 4.62. The van der Waals surface area contributed by atoms with E-state index in [0.29, 0.717) is 19.3 Å². The number of aliphatic hydroxyl groups is 2. The molecule has 2 aliphatic rings. The Labute approximate surface area is 117 Å². The summed E-state index contributed by atoms with van der Waals surface area (Å²) in [6, 6.07) is -0.168. The smallest absolute Gasteiger partial charge is 0.310 e. The molecule has 6 atom stereocenters. The third kappa shape index (κ3) is 3.05. The first-order chi connectivity index (χ1) is 9.08. The molecule has 19 heavy (non-hydrogen) atoms. The Bertz CT molecular complexity index is 324. The van der Waals surface area contributed by atoms with Gasteiger partial charge in [-0.05, 0) is 37.5 Å². The molecule has 2 saturated carbocycles. The number of carbonyl (C=O) groups excluding carboxylic acids is 1. The standard InChI is InChI=1S/C13H21ClO5/c1-18-12-9-4-7(15)2-3-8(9)10(5-11(12)16)13(17)19-6-14/h7-12,15-16H,2-6H2,1H3/t7-,8+,9+,10-,11+,12-/m1/s1. The Morgan fingerprint density at radius 1 is 1.26 bits per heavy atom. The number of hydrogen-bond donors (Lipinski definition) is 2. The van der Waals surface area contributed by atoms with Crippen molar-refractivity contribution < 1.29 is 24.5 Å². The van der Waals surface area contributed by atoms with E-state index >= 15 is 0 Å². The lowest BCUT2D eigenvalue weighted by molar-refractivity contribution is -0.169. The number of carbonyl (C=O) groups is 1. The minimum atomic E-state index is -0.704. The third-order valence-electron chi connectivity index (χ3n) is 4.51. The molecule has 2 N–H and O–H groups in total. The van der Waals surface area contributed by atoms with Gasteiger partial charge >= 0.3 is 5.97 Å². The highest BCUT2D eigenvalue weighted by atomic mass is 35.5. The molecule has 2 rings (SSSR count). The van der Waals surface area contributed by atoms with Crippen LogP contribution >= 0.6 is 11.6 Å². The molecule has 0 saturated heterocycles.